The molecule has 1 amide bonds. The van der Waals surface area contributed by atoms with Gasteiger partial charge in [0.1, 0.15) is 0 Å². The van der Waals surface area contributed by atoms with Gasteiger partial charge in [-0.1, -0.05) is 17.7 Å². The van der Waals surface area contributed by atoms with Crippen LogP contribution in [0, 0.1) is 0 Å². The quantitative estimate of drug-likeness (QED) is 0.682. The molecule has 3 heterocycles. The highest BCUT2D eigenvalue weighted by molar-refractivity contribution is 7.92. The molecule has 0 saturated carbocycles. The van der Waals surface area contributed by atoms with Crippen LogP contribution < -0.4 is 9.62 Å². The summed E-state index contributed by atoms with van der Waals surface area (Å²) in [5, 5.41) is 11.3. The number of carbonyl (C=O) groups excluding carboxylic acids is 1. The molecule has 1 saturated heterocycles. The van der Waals surface area contributed by atoms with Crippen LogP contribution in [0.25, 0.3) is 5.65 Å². The van der Waals surface area contributed by atoms with Gasteiger partial charge in [0, 0.05) is 12.7 Å². The Hall–Kier alpha value is -2.65. The molecule has 1 aliphatic rings. The van der Waals surface area contributed by atoms with Gasteiger partial charge in [0.05, 0.1) is 28.1 Å². The Morgan fingerprint density at radius 3 is 2.79 bits per heavy atom. The lowest BCUT2D eigenvalue weighted by atomic mass is 10.1. The Balaban J connectivity index is 1.54. The van der Waals surface area contributed by atoms with Crippen LogP contribution in [0.15, 0.2) is 42.6 Å². The number of fused-ring (bicyclic) bond motifs is 1. The molecular weight excluding hydrogens is 414 g/mol. The van der Waals surface area contributed by atoms with E-state index in [1.807, 2.05) is 31.3 Å². The summed E-state index contributed by atoms with van der Waals surface area (Å²) in [7, 11) is -3.34. The first kappa shape index (κ1) is 19.7. The fourth-order valence-corrected chi connectivity index (χ4v) is 5.31. The molecule has 1 aliphatic heterocycles. The number of anilines is 1. The van der Waals surface area contributed by atoms with E-state index in [1.165, 1.54) is 10.4 Å². The van der Waals surface area contributed by atoms with E-state index >= 15 is 0 Å². The van der Waals surface area contributed by atoms with Crippen molar-refractivity contribution in [2.24, 2.45) is 0 Å². The van der Waals surface area contributed by atoms with Crippen molar-refractivity contribution in [2.45, 2.75) is 25.8 Å². The average molecular weight is 434 g/mol. The molecule has 29 heavy (non-hydrogen) atoms. The van der Waals surface area contributed by atoms with Crippen LogP contribution >= 0.6 is 11.6 Å². The summed E-state index contributed by atoms with van der Waals surface area (Å²) in [4.78, 5) is 12.7. The van der Waals surface area contributed by atoms with Gasteiger partial charge < -0.3 is 5.32 Å². The Morgan fingerprint density at radius 2 is 2.03 bits per heavy atom. The third-order valence-electron chi connectivity index (χ3n) is 4.91. The molecule has 0 bridgehead atoms. The number of aromatic nitrogens is 3. The van der Waals surface area contributed by atoms with Gasteiger partial charge in [-0.3, -0.25) is 13.5 Å². The molecular formula is C19H20ClN5O3S. The highest BCUT2D eigenvalue weighted by Gasteiger charge is 2.27. The summed E-state index contributed by atoms with van der Waals surface area (Å²) >= 11 is 6.32. The minimum absolute atomic E-state index is 0.122. The number of nitrogens with one attached hydrogen (secondary N) is 1. The fourth-order valence-electron chi connectivity index (χ4n) is 3.42. The number of nitrogens with zero attached hydrogens (tertiary/aromatic N) is 4. The van der Waals surface area contributed by atoms with Crippen molar-refractivity contribution in [3.63, 3.8) is 0 Å². The maximum absolute atomic E-state index is 12.7. The molecule has 0 radical (unpaired) electrons. The van der Waals surface area contributed by atoms with Crippen molar-refractivity contribution in [2.75, 3.05) is 16.6 Å². The van der Waals surface area contributed by atoms with Crippen LogP contribution in [0.1, 0.15) is 42.0 Å². The molecule has 0 spiro atoms. The first-order valence-electron chi connectivity index (χ1n) is 9.27. The maximum Gasteiger partial charge on any atom is 0.253 e. The van der Waals surface area contributed by atoms with Crippen LogP contribution in [0.3, 0.4) is 0 Å². The van der Waals surface area contributed by atoms with E-state index < -0.39 is 16.1 Å². The fraction of sp³-hybridized carbons (Fsp3) is 0.316. The molecule has 8 nitrogen and oxygen atoms in total. The van der Waals surface area contributed by atoms with Gasteiger partial charge in [0.2, 0.25) is 10.0 Å². The summed E-state index contributed by atoms with van der Waals surface area (Å²) in [5.74, 6) is 0.348. The van der Waals surface area contributed by atoms with Crippen LogP contribution in [0.2, 0.25) is 5.02 Å². The van der Waals surface area contributed by atoms with Gasteiger partial charge in [-0.25, -0.2) is 8.42 Å². The van der Waals surface area contributed by atoms with E-state index in [0.29, 0.717) is 30.1 Å². The van der Waals surface area contributed by atoms with E-state index in [0.717, 1.165) is 6.42 Å². The van der Waals surface area contributed by atoms with E-state index in [9.17, 15) is 13.2 Å². The second-order valence-corrected chi connectivity index (χ2v) is 9.36. The summed E-state index contributed by atoms with van der Waals surface area (Å²) < 4.78 is 27.7. The number of halogens is 1. The molecule has 0 unspecified atom stereocenters. The Labute approximate surface area is 173 Å². The smallest absolute Gasteiger partial charge is 0.253 e. The predicted octanol–water partition coefficient (Wildman–Crippen LogP) is 2.80. The maximum atomic E-state index is 12.7. The Morgan fingerprint density at radius 1 is 1.21 bits per heavy atom. The molecule has 1 atom stereocenters. The van der Waals surface area contributed by atoms with E-state index in [2.05, 4.69) is 15.5 Å². The number of carbonyl (C=O) groups is 1. The van der Waals surface area contributed by atoms with Gasteiger partial charge >= 0.3 is 0 Å². The van der Waals surface area contributed by atoms with E-state index in [1.54, 1.807) is 16.5 Å². The van der Waals surface area contributed by atoms with E-state index in [-0.39, 0.29) is 22.2 Å². The highest BCUT2D eigenvalue weighted by atomic mass is 35.5. The zero-order chi connectivity index (χ0) is 20.6. The molecule has 152 valence electrons. The highest BCUT2D eigenvalue weighted by Crippen LogP contribution is 2.28. The monoisotopic (exact) mass is 433 g/mol. The van der Waals surface area contributed by atoms with Crippen LogP contribution in [0.4, 0.5) is 5.69 Å². The standard InChI is InChI=1S/C19H20ClN5O3S/c1-13(18-23-22-17-6-2-3-9-24(17)18)21-19(26)15-8-7-14(12-16(15)20)25-10-4-5-11-29(25,27)28/h2-3,6-9,12-13H,4-5,10-11H2,1H3,(H,21,26)/t13-/m0/s1. The molecule has 0 aliphatic carbocycles. The number of hydrogen-bond donors (Lipinski definition) is 1. The van der Waals surface area contributed by atoms with Crippen LogP contribution in [-0.4, -0.2) is 41.2 Å². The lowest BCUT2D eigenvalue weighted by Gasteiger charge is -2.28. The lowest BCUT2D eigenvalue weighted by molar-refractivity contribution is 0.0938. The summed E-state index contributed by atoms with van der Waals surface area (Å²) in [6.07, 6.45) is 3.28. The van der Waals surface area contributed by atoms with Gasteiger partial charge in [0.15, 0.2) is 11.5 Å². The van der Waals surface area contributed by atoms with Crippen LogP contribution in [-0.2, 0) is 10.0 Å². The lowest BCUT2D eigenvalue weighted by Crippen LogP contribution is -2.37. The summed E-state index contributed by atoms with van der Waals surface area (Å²) in [6.45, 7) is 2.23. The minimum Gasteiger partial charge on any atom is -0.342 e. The van der Waals surface area contributed by atoms with Gasteiger partial charge in [-0.15, -0.1) is 10.2 Å². The van der Waals surface area contributed by atoms with Gasteiger partial charge in [0.25, 0.3) is 5.91 Å². The number of hydrogen-bond acceptors (Lipinski definition) is 5. The number of amides is 1. The summed E-state index contributed by atoms with van der Waals surface area (Å²) in [6, 6.07) is 9.83. The number of sulfonamides is 1. The largest absolute Gasteiger partial charge is 0.342 e. The Kier molecular flexibility index (Phi) is 5.18. The zero-order valence-electron chi connectivity index (χ0n) is 15.7. The molecule has 3 aromatic rings. The van der Waals surface area contributed by atoms with Gasteiger partial charge in [-0.05, 0) is 50.1 Å². The summed E-state index contributed by atoms with van der Waals surface area (Å²) in [5.41, 5.74) is 1.43. The molecule has 1 aromatic carbocycles. The second kappa shape index (κ2) is 7.64. The van der Waals surface area contributed by atoms with Crippen molar-refractivity contribution < 1.29 is 13.2 Å². The van der Waals surface area contributed by atoms with Crippen molar-refractivity contribution in [3.8, 4) is 0 Å². The first-order valence-corrected chi connectivity index (χ1v) is 11.3. The third-order valence-corrected chi connectivity index (χ3v) is 7.09. The topological polar surface area (TPSA) is 96.7 Å². The number of benzene rings is 1. The normalized spacial score (nSPS) is 17.2. The van der Waals surface area contributed by atoms with E-state index in [4.69, 9.17) is 11.6 Å². The first-order chi connectivity index (χ1) is 13.9. The Bertz CT molecular complexity index is 1180. The number of rotatable bonds is 4. The zero-order valence-corrected chi connectivity index (χ0v) is 17.3. The predicted molar refractivity (Wildman–Crippen MR) is 111 cm³/mol. The molecule has 4 rings (SSSR count). The second-order valence-electron chi connectivity index (χ2n) is 6.94. The van der Waals surface area contributed by atoms with Gasteiger partial charge in [-0.2, -0.15) is 0 Å². The van der Waals surface area contributed by atoms with Crippen molar-refractivity contribution in [3.05, 3.63) is 59.0 Å². The van der Waals surface area contributed by atoms with Crippen molar-refractivity contribution in [1.82, 2.24) is 19.9 Å². The third kappa shape index (κ3) is 3.79. The molecule has 10 heteroatoms. The van der Waals surface area contributed by atoms with Crippen molar-refractivity contribution >= 4 is 38.9 Å². The molecule has 1 fully saturated rings. The molecule has 2 aromatic heterocycles. The minimum atomic E-state index is -3.34. The number of pyridine rings is 1. The van der Waals surface area contributed by atoms with Crippen LogP contribution in [0.5, 0.6) is 0 Å². The molecule has 1 N–H and O–H groups in total. The van der Waals surface area contributed by atoms with Crippen molar-refractivity contribution in [1.29, 1.82) is 0 Å². The average Bonchev–Trinajstić information content (AvgIpc) is 3.11. The SMILES string of the molecule is C[C@H](NC(=O)c1ccc(N2CCCCS2(=O)=O)cc1Cl)c1nnc2ccccn12.